The predicted octanol–water partition coefficient (Wildman–Crippen LogP) is 2.02. The van der Waals surface area contributed by atoms with Gasteiger partial charge in [-0.05, 0) is 25.7 Å². The van der Waals surface area contributed by atoms with Gasteiger partial charge in [0.2, 0.25) is 0 Å². The van der Waals surface area contributed by atoms with Crippen LogP contribution >= 0.6 is 0 Å². The molecule has 1 aromatic heterocycles. The Hall–Kier alpha value is -0.830. The Bertz CT molecular complexity index is 355. The molecule has 2 aliphatic rings. The lowest BCUT2D eigenvalue weighted by atomic mass is 9.83. The van der Waals surface area contributed by atoms with E-state index in [4.69, 9.17) is 4.98 Å². The number of aromatic nitrogens is 2. The zero-order valence-electron chi connectivity index (χ0n) is 9.02. The molecule has 0 radical (unpaired) electrons. The number of imidazole rings is 1. The summed E-state index contributed by atoms with van der Waals surface area (Å²) in [5.74, 6) is 2.13. The van der Waals surface area contributed by atoms with E-state index >= 15 is 0 Å². The summed E-state index contributed by atoms with van der Waals surface area (Å²) in [5, 5.41) is 9.30. The van der Waals surface area contributed by atoms with Crippen molar-refractivity contribution in [3.8, 4) is 0 Å². The maximum absolute atomic E-state index is 9.30. The fraction of sp³-hybridized carbons (Fsp3) is 0.750. The number of rotatable bonds is 2. The highest BCUT2D eigenvalue weighted by Gasteiger charge is 2.27. The molecule has 1 aliphatic heterocycles. The summed E-state index contributed by atoms with van der Waals surface area (Å²) < 4.78 is 2.26. The van der Waals surface area contributed by atoms with Gasteiger partial charge in [-0.15, -0.1) is 0 Å². The van der Waals surface area contributed by atoms with Gasteiger partial charge in [0.1, 0.15) is 5.82 Å². The summed E-state index contributed by atoms with van der Waals surface area (Å²) >= 11 is 0. The number of aliphatic hydroxyl groups is 1. The van der Waals surface area contributed by atoms with Crippen molar-refractivity contribution in [3.63, 3.8) is 0 Å². The summed E-state index contributed by atoms with van der Waals surface area (Å²) in [5.41, 5.74) is 1.27. The molecule has 0 aromatic carbocycles. The second-order valence-electron chi connectivity index (χ2n) is 4.87. The third-order valence-corrected chi connectivity index (χ3v) is 3.89. The lowest BCUT2D eigenvalue weighted by Gasteiger charge is -2.23. The van der Waals surface area contributed by atoms with Crippen LogP contribution in [-0.4, -0.2) is 21.3 Å². The van der Waals surface area contributed by atoms with Crippen LogP contribution in [0.15, 0.2) is 6.20 Å². The lowest BCUT2D eigenvalue weighted by molar-refractivity contribution is 0.238. The molecule has 0 amide bonds. The van der Waals surface area contributed by atoms with Crippen molar-refractivity contribution in [1.29, 1.82) is 0 Å². The van der Waals surface area contributed by atoms with Crippen LogP contribution in [0.1, 0.15) is 55.5 Å². The molecule has 0 bridgehead atoms. The first-order valence-electron chi connectivity index (χ1n) is 6.06. The van der Waals surface area contributed by atoms with Crippen LogP contribution in [0.4, 0.5) is 0 Å². The van der Waals surface area contributed by atoms with E-state index < -0.39 is 0 Å². The van der Waals surface area contributed by atoms with Crippen LogP contribution < -0.4 is 0 Å². The van der Waals surface area contributed by atoms with Crippen molar-refractivity contribution >= 4 is 0 Å². The molecular formula is C12H18N2O. The van der Waals surface area contributed by atoms with E-state index in [2.05, 4.69) is 10.8 Å². The quantitative estimate of drug-likeness (QED) is 0.804. The van der Waals surface area contributed by atoms with Gasteiger partial charge in [0.25, 0.3) is 0 Å². The maximum Gasteiger partial charge on any atom is 0.114 e. The van der Waals surface area contributed by atoms with Crippen LogP contribution in [-0.2, 0) is 6.54 Å². The minimum atomic E-state index is 0.251. The van der Waals surface area contributed by atoms with E-state index in [0.29, 0.717) is 5.92 Å². The molecule has 1 unspecified atom stereocenters. The molecule has 1 saturated carbocycles. The number of hydrogen-bond acceptors (Lipinski definition) is 2. The Morgan fingerprint density at radius 3 is 2.87 bits per heavy atom. The molecule has 2 heterocycles. The van der Waals surface area contributed by atoms with Gasteiger partial charge in [0, 0.05) is 24.6 Å². The van der Waals surface area contributed by atoms with Gasteiger partial charge in [-0.25, -0.2) is 4.98 Å². The third kappa shape index (κ3) is 1.49. The van der Waals surface area contributed by atoms with Crippen molar-refractivity contribution in [3.05, 3.63) is 17.7 Å². The number of hydrogen-bond donors (Lipinski definition) is 1. The smallest absolute Gasteiger partial charge is 0.114 e. The fourth-order valence-electron chi connectivity index (χ4n) is 2.67. The van der Waals surface area contributed by atoms with Gasteiger partial charge < -0.3 is 9.67 Å². The first-order valence-corrected chi connectivity index (χ1v) is 6.06. The summed E-state index contributed by atoms with van der Waals surface area (Å²) in [7, 11) is 0. The van der Waals surface area contributed by atoms with E-state index in [-0.39, 0.29) is 12.5 Å². The normalized spacial score (nSPS) is 26.1. The van der Waals surface area contributed by atoms with Gasteiger partial charge in [-0.3, -0.25) is 0 Å². The molecular weight excluding hydrogens is 188 g/mol. The molecule has 1 fully saturated rings. The first-order chi connectivity index (χ1) is 7.38. The predicted molar refractivity (Wildman–Crippen MR) is 57.9 cm³/mol. The summed E-state index contributed by atoms with van der Waals surface area (Å²) in [4.78, 5) is 4.73. The van der Waals surface area contributed by atoms with Crippen LogP contribution in [0.3, 0.4) is 0 Å². The van der Waals surface area contributed by atoms with Gasteiger partial charge >= 0.3 is 0 Å². The molecule has 15 heavy (non-hydrogen) atoms. The highest BCUT2D eigenvalue weighted by molar-refractivity contribution is 5.16. The Morgan fingerprint density at radius 2 is 2.20 bits per heavy atom. The molecule has 3 rings (SSSR count). The number of aliphatic hydroxyl groups excluding tert-OH is 1. The first kappa shape index (κ1) is 9.40. The highest BCUT2D eigenvalue weighted by Crippen LogP contribution is 2.37. The zero-order valence-corrected chi connectivity index (χ0v) is 9.02. The largest absolute Gasteiger partial charge is 0.396 e. The van der Waals surface area contributed by atoms with Crippen LogP contribution in [0.5, 0.6) is 0 Å². The molecule has 3 heteroatoms. The minimum Gasteiger partial charge on any atom is -0.396 e. The Balaban J connectivity index is 1.90. The number of fused-ring (bicyclic) bond motifs is 1. The van der Waals surface area contributed by atoms with E-state index in [0.717, 1.165) is 18.8 Å². The molecule has 0 spiro atoms. The van der Waals surface area contributed by atoms with Crippen LogP contribution in [0.25, 0.3) is 0 Å². The van der Waals surface area contributed by atoms with Crippen molar-refractivity contribution in [2.75, 3.05) is 6.61 Å². The Kier molecular flexibility index (Phi) is 2.28. The molecule has 3 nitrogen and oxygen atoms in total. The summed E-state index contributed by atoms with van der Waals surface area (Å²) in [6, 6.07) is 0. The molecule has 1 aliphatic carbocycles. The lowest BCUT2D eigenvalue weighted by Crippen LogP contribution is -2.18. The van der Waals surface area contributed by atoms with Crippen molar-refractivity contribution in [1.82, 2.24) is 9.55 Å². The Labute approximate surface area is 90.1 Å². The van der Waals surface area contributed by atoms with Gasteiger partial charge in [-0.2, -0.15) is 0 Å². The van der Waals surface area contributed by atoms with Crippen molar-refractivity contribution in [2.24, 2.45) is 0 Å². The monoisotopic (exact) mass is 206 g/mol. The molecule has 1 aromatic rings. The van der Waals surface area contributed by atoms with E-state index in [1.165, 1.54) is 31.4 Å². The SMILES string of the molecule is OCC1CCCn2cc(C3CCC3)nc21. The van der Waals surface area contributed by atoms with Gasteiger partial charge in [-0.1, -0.05) is 6.42 Å². The van der Waals surface area contributed by atoms with Crippen molar-refractivity contribution in [2.45, 2.75) is 50.5 Å². The topological polar surface area (TPSA) is 38.0 Å². The highest BCUT2D eigenvalue weighted by atomic mass is 16.3. The van der Waals surface area contributed by atoms with Gasteiger partial charge in [0.15, 0.2) is 0 Å². The maximum atomic E-state index is 9.30. The molecule has 1 N–H and O–H groups in total. The van der Waals surface area contributed by atoms with E-state index in [9.17, 15) is 5.11 Å². The standard InChI is InChI=1S/C12H18N2O/c15-8-10-5-2-6-14-7-11(13-12(10)14)9-3-1-4-9/h7,9-10,15H,1-6,8H2. The zero-order chi connectivity index (χ0) is 10.3. The summed E-state index contributed by atoms with van der Waals surface area (Å²) in [6.45, 7) is 1.34. The molecule has 0 saturated heterocycles. The molecule has 82 valence electrons. The second kappa shape index (κ2) is 3.63. The second-order valence-corrected chi connectivity index (χ2v) is 4.87. The number of aryl methyl sites for hydroxylation is 1. The minimum absolute atomic E-state index is 0.251. The van der Waals surface area contributed by atoms with Crippen LogP contribution in [0.2, 0.25) is 0 Å². The third-order valence-electron chi connectivity index (χ3n) is 3.89. The van der Waals surface area contributed by atoms with E-state index in [1.54, 1.807) is 0 Å². The van der Waals surface area contributed by atoms with Crippen LogP contribution in [0, 0.1) is 0 Å². The average Bonchev–Trinajstić information content (AvgIpc) is 2.57. The fourth-order valence-corrected chi connectivity index (χ4v) is 2.67. The number of nitrogens with zero attached hydrogens (tertiary/aromatic N) is 2. The average molecular weight is 206 g/mol. The van der Waals surface area contributed by atoms with Gasteiger partial charge in [0.05, 0.1) is 12.3 Å². The summed E-state index contributed by atoms with van der Waals surface area (Å²) in [6.07, 6.45) is 8.47. The van der Waals surface area contributed by atoms with E-state index in [1.807, 2.05) is 0 Å². The Morgan fingerprint density at radius 1 is 1.33 bits per heavy atom. The molecule has 1 atom stereocenters. The van der Waals surface area contributed by atoms with Crippen molar-refractivity contribution < 1.29 is 5.11 Å².